The van der Waals surface area contributed by atoms with Gasteiger partial charge in [-0.05, 0) is 18.2 Å². The quantitative estimate of drug-likeness (QED) is 0.511. The zero-order valence-corrected chi connectivity index (χ0v) is 14.7. The molecule has 5 rings (SSSR count). The lowest BCUT2D eigenvalue weighted by atomic mass is 10.0. The second kappa shape index (κ2) is 5.96. The van der Waals surface area contributed by atoms with Gasteiger partial charge in [-0.2, -0.15) is 18.3 Å². The van der Waals surface area contributed by atoms with Gasteiger partial charge in [0, 0.05) is 18.7 Å². The summed E-state index contributed by atoms with van der Waals surface area (Å²) in [6.45, 7) is 0.348. The van der Waals surface area contributed by atoms with Crippen molar-refractivity contribution in [2.75, 3.05) is 11.4 Å². The first kappa shape index (κ1) is 17.0. The van der Waals surface area contributed by atoms with Crippen molar-refractivity contribution in [1.29, 1.82) is 0 Å². The molecule has 144 valence electrons. The van der Waals surface area contributed by atoms with Gasteiger partial charge >= 0.3 is 18.1 Å². The Morgan fingerprint density at radius 3 is 2.86 bits per heavy atom. The average molecular weight is 410 g/mol. The van der Waals surface area contributed by atoms with Gasteiger partial charge in [-0.15, -0.1) is 5.10 Å². The van der Waals surface area contributed by atoms with Crippen LogP contribution in [0.25, 0.3) is 5.52 Å². The molecule has 0 unspecified atom stereocenters. The Morgan fingerprint density at radius 1 is 1.25 bits per heavy atom. The molecule has 0 radical (unpaired) electrons. The molecule has 0 fully saturated rings. The summed E-state index contributed by atoms with van der Waals surface area (Å²) in [6.07, 6.45) is -2.65. The number of hydrogen-bond acceptors (Lipinski definition) is 6. The van der Waals surface area contributed by atoms with Crippen LogP contribution in [0.1, 0.15) is 29.0 Å². The monoisotopic (exact) mass is 409 g/mol. The van der Waals surface area contributed by atoms with Gasteiger partial charge in [0.15, 0.2) is 0 Å². The molecule has 1 aliphatic heterocycles. The van der Waals surface area contributed by atoms with Crippen molar-refractivity contribution in [3.05, 3.63) is 58.7 Å². The number of hydrogen-bond donors (Lipinski definition) is 1. The fraction of sp³-hybridized carbons (Fsp3) is 0.250. The molecule has 0 amide bonds. The highest BCUT2D eigenvalue weighted by molar-refractivity contribution is 6.29. The van der Waals surface area contributed by atoms with Crippen LogP contribution in [-0.4, -0.2) is 36.3 Å². The minimum Gasteiger partial charge on any atom is -0.399 e. The number of nitrogens with one attached hydrogen (secondary N) is 1. The van der Waals surface area contributed by atoms with Crippen LogP contribution in [0.2, 0.25) is 5.15 Å². The van der Waals surface area contributed by atoms with Crippen molar-refractivity contribution in [3.8, 4) is 0 Å². The van der Waals surface area contributed by atoms with Gasteiger partial charge < -0.3 is 14.3 Å². The maximum absolute atomic E-state index is 12.9. The van der Waals surface area contributed by atoms with Crippen LogP contribution in [-0.2, 0) is 12.6 Å². The Hall–Kier alpha value is -3.08. The largest absolute Gasteiger partial charge is 0.470 e. The van der Waals surface area contributed by atoms with E-state index >= 15 is 0 Å². The van der Waals surface area contributed by atoms with Gasteiger partial charge in [-0.25, -0.2) is 9.50 Å². The fourth-order valence-corrected chi connectivity index (χ4v) is 3.57. The summed E-state index contributed by atoms with van der Waals surface area (Å²) in [6, 6.07) is 6.26. The SMILES string of the molecule is FC(F)(F)c1nnc(N2CCc3[nH]cnc3[C@@H]2c2cc3cccc(Cl)n3n2)o1. The highest BCUT2D eigenvalue weighted by atomic mass is 35.5. The van der Waals surface area contributed by atoms with Crippen molar-refractivity contribution >= 4 is 23.1 Å². The highest BCUT2D eigenvalue weighted by Gasteiger charge is 2.41. The molecule has 0 spiro atoms. The first-order valence-corrected chi connectivity index (χ1v) is 8.63. The number of imidazole rings is 1. The average Bonchev–Trinajstić information content (AvgIpc) is 3.38. The topological polar surface area (TPSA) is 88.1 Å². The Balaban J connectivity index is 1.64. The number of fused-ring (bicyclic) bond motifs is 2. The molecule has 0 aromatic carbocycles. The van der Waals surface area contributed by atoms with Crippen LogP contribution in [0.15, 0.2) is 35.0 Å². The molecule has 0 saturated carbocycles. The number of nitrogens with zero attached hydrogens (tertiary/aromatic N) is 6. The summed E-state index contributed by atoms with van der Waals surface area (Å²) in [5, 5.41) is 11.7. The van der Waals surface area contributed by atoms with E-state index in [1.807, 2.05) is 6.07 Å². The van der Waals surface area contributed by atoms with E-state index in [0.717, 1.165) is 11.2 Å². The summed E-state index contributed by atoms with van der Waals surface area (Å²) in [4.78, 5) is 8.98. The molecule has 0 bridgehead atoms. The molecule has 5 heterocycles. The molecule has 1 aliphatic rings. The maximum Gasteiger partial charge on any atom is 0.470 e. The van der Waals surface area contributed by atoms with Gasteiger partial charge in [-0.1, -0.05) is 22.8 Å². The number of aromatic amines is 1. The molecule has 1 N–H and O–H groups in total. The van der Waals surface area contributed by atoms with E-state index in [9.17, 15) is 13.2 Å². The lowest BCUT2D eigenvalue weighted by molar-refractivity contribution is -0.157. The smallest absolute Gasteiger partial charge is 0.399 e. The Labute approximate surface area is 159 Å². The van der Waals surface area contributed by atoms with Crippen LogP contribution < -0.4 is 4.90 Å². The summed E-state index contributed by atoms with van der Waals surface area (Å²) >= 11 is 6.19. The summed E-state index contributed by atoms with van der Waals surface area (Å²) < 4.78 is 45.2. The third-order valence-electron chi connectivity index (χ3n) is 4.57. The van der Waals surface area contributed by atoms with Crippen LogP contribution in [0.4, 0.5) is 19.2 Å². The molecule has 8 nitrogen and oxygen atoms in total. The molecular weight excluding hydrogens is 399 g/mol. The van der Waals surface area contributed by atoms with E-state index in [4.69, 9.17) is 16.0 Å². The lowest BCUT2D eigenvalue weighted by Gasteiger charge is -2.32. The second-order valence-corrected chi connectivity index (χ2v) is 6.64. The predicted octanol–water partition coefficient (Wildman–Crippen LogP) is 3.26. The summed E-state index contributed by atoms with van der Waals surface area (Å²) in [5.74, 6) is -1.40. The molecule has 4 aromatic heterocycles. The number of H-pyrrole nitrogens is 1. The number of pyridine rings is 1. The summed E-state index contributed by atoms with van der Waals surface area (Å²) in [7, 11) is 0. The minimum atomic E-state index is -4.72. The van der Waals surface area contributed by atoms with E-state index in [2.05, 4.69) is 25.3 Å². The van der Waals surface area contributed by atoms with Crippen LogP contribution in [0, 0.1) is 0 Å². The molecule has 28 heavy (non-hydrogen) atoms. The van der Waals surface area contributed by atoms with Crippen LogP contribution in [0.5, 0.6) is 0 Å². The predicted molar refractivity (Wildman–Crippen MR) is 91.0 cm³/mol. The van der Waals surface area contributed by atoms with E-state index < -0.39 is 18.1 Å². The van der Waals surface area contributed by atoms with E-state index in [1.165, 1.54) is 0 Å². The minimum absolute atomic E-state index is 0.242. The first-order chi connectivity index (χ1) is 13.4. The molecular formula is C16H11ClF3N7O. The standard InChI is InChI=1S/C16H11ClF3N7O/c17-11-3-1-2-8-6-10(25-27(8)11)13-12-9(21-7-22-12)4-5-26(13)15-24-23-14(28-15)16(18,19)20/h1-3,6-7,13H,4-5H2,(H,21,22)/t13-/m0/s1. The second-order valence-electron chi connectivity index (χ2n) is 6.25. The Bertz CT molecular complexity index is 1160. The van der Waals surface area contributed by atoms with E-state index in [1.54, 1.807) is 33.9 Å². The molecule has 12 heteroatoms. The summed E-state index contributed by atoms with van der Waals surface area (Å²) in [5.41, 5.74) is 2.80. The Kier molecular flexibility index (Phi) is 3.63. The van der Waals surface area contributed by atoms with E-state index in [-0.39, 0.29) is 6.01 Å². The normalized spacial score (nSPS) is 17.3. The lowest BCUT2D eigenvalue weighted by Crippen LogP contribution is -2.37. The number of rotatable bonds is 2. The molecule has 0 saturated heterocycles. The van der Waals surface area contributed by atoms with Crippen molar-refractivity contribution in [2.45, 2.75) is 18.6 Å². The maximum atomic E-state index is 12.9. The fourth-order valence-electron chi connectivity index (χ4n) is 3.36. The highest BCUT2D eigenvalue weighted by Crippen LogP contribution is 2.38. The zero-order chi connectivity index (χ0) is 19.5. The third kappa shape index (κ3) is 2.61. The van der Waals surface area contributed by atoms with Gasteiger partial charge in [0.2, 0.25) is 0 Å². The van der Waals surface area contributed by atoms with E-state index in [0.29, 0.717) is 29.5 Å². The van der Waals surface area contributed by atoms with Gasteiger partial charge in [0.25, 0.3) is 0 Å². The van der Waals surface area contributed by atoms with Crippen LogP contribution in [0.3, 0.4) is 0 Å². The number of alkyl halides is 3. The van der Waals surface area contributed by atoms with Gasteiger partial charge in [0.05, 0.1) is 23.2 Å². The molecule has 4 aromatic rings. The number of halogens is 4. The molecule has 1 atom stereocenters. The van der Waals surface area contributed by atoms with Crippen molar-refractivity contribution in [3.63, 3.8) is 0 Å². The first-order valence-electron chi connectivity index (χ1n) is 8.25. The van der Waals surface area contributed by atoms with Gasteiger partial charge in [0.1, 0.15) is 11.2 Å². The number of aromatic nitrogens is 6. The van der Waals surface area contributed by atoms with Crippen LogP contribution >= 0.6 is 11.6 Å². The van der Waals surface area contributed by atoms with Crippen molar-refractivity contribution in [1.82, 2.24) is 29.8 Å². The molecule has 0 aliphatic carbocycles. The third-order valence-corrected chi connectivity index (χ3v) is 4.85. The van der Waals surface area contributed by atoms with Crippen molar-refractivity contribution in [2.24, 2.45) is 0 Å². The zero-order valence-electron chi connectivity index (χ0n) is 14.0. The van der Waals surface area contributed by atoms with Crippen molar-refractivity contribution < 1.29 is 17.6 Å². The number of anilines is 1. The Morgan fingerprint density at radius 2 is 2.11 bits per heavy atom. The van der Waals surface area contributed by atoms with Gasteiger partial charge in [-0.3, -0.25) is 0 Å².